The second kappa shape index (κ2) is 6.96. The van der Waals surface area contributed by atoms with Crippen LogP contribution in [0.2, 0.25) is 0 Å². The van der Waals surface area contributed by atoms with Gasteiger partial charge in [-0.15, -0.1) is 0 Å². The van der Waals surface area contributed by atoms with Gasteiger partial charge in [-0.05, 0) is 30.9 Å². The molecule has 0 fully saturated rings. The molecule has 0 bridgehead atoms. The van der Waals surface area contributed by atoms with Crippen LogP contribution in [0.5, 0.6) is 0 Å². The molecule has 2 aromatic heterocycles. The number of carbonyl (C=O) groups excluding carboxylic acids is 1. The highest BCUT2D eigenvalue weighted by Gasteiger charge is 2.29. The lowest BCUT2D eigenvalue weighted by Crippen LogP contribution is -2.33. The van der Waals surface area contributed by atoms with Gasteiger partial charge in [-0.1, -0.05) is 30.0 Å². The molecular weight excluding hydrogens is 332 g/mol. The Morgan fingerprint density at radius 3 is 3.16 bits per heavy atom. The molecule has 1 aromatic carbocycles. The molecule has 2 N–H and O–H groups in total. The third kappa shape index (κ3) is 3.18. The quantitative estimate of drug-likeness (QED) is 0.546. The maximum Gasteiger partial charge on any atom is 0.229 e. The summed E-state index contributed by atoms with van der Waals surface area (Å²) in [5.74, 6) is 0.894. The Bertz CT molecular complexity index is 898. The summed E-state index contributed by atoms with van der Waals surface area (Å²) >= 11 is 1.66. The summed E-state index contributed by atoms with van der Waals surface area (Å²) in [5.41, 5.74) is 3.57. The van der Waals surface area contributed by atoms with Gasteiger partial charge in [0.25, 0.3) is 0 Å². The normalized spacial score (nSPS) is 16.8. The van der Waals surface area contributed by atoms with Crippen LogP contribution in [0, 0.1) is 0 Å². The van der Waals surface area contributed by atoms with E-state index >= 15 is 0 Å². The Kier molecular flexibility index (Phi) is 4.53. The largest absolute Gasteiger partial charge is 0.357 e. The Morgan fingerprint density at radius 1 is 1.44 bits per heavy atom. The maximum absolute atomic E-state index is 12.7. The number of aromatic nitrogens is 3. The van der Waals surface area contributed by atoms with Gasteiger partial charge in [0.1, 0.15) is 0 Å². The first-order chi connectivity index (χ1) is 12.2. The van der Waals surface area contributed by atoms with E-state index in [1.54, 1.807) is 18.0 Å². The van der Waals surface area contributed by atoms with Crippen molar-refractivity contribution in [1.29, 1.82) is 0 Å². The van der Waals surface area contributed by atoms with Crippen molar-refractivity contribution in [2.45, 2.75) is 30.3 Å². The summed E-state index contributed by atoms with van der Waals surface area (Å²) in [6.45, 7) is 0.655. The van der Waals surface area contributed by atoms with Gasteiger partial charge in [-0.2, -0.15) is 0 Å². The smallest absolute Gasteiger partial charge is 0.229 e. The fourth-order valence-corrected chi connectivity index (χ4v) is 4.39. The predicted octanol–water partition coefficient (Wildman–Crippen LogP) is 3.23. The molecule has 2 heterocycles. The van der Waals surface area contributed by atoms with Crippen molar-refractivity contribution in [3.63, 3.8) is 0 Å². The molecule has 6 heteroatoms. The van der Waals surface area contributed by atoms with Crippen molar-refractivity contribution >= 4 is 28.6 Å². The van der Waals surface area contributed by atoms with Gasteiger partial charge in [0.2, 0.25) is 5.91 Å². The molecule has 1 aliphatic carbocycles. The van der Waals surface area contributed by atoms with E-state index < -0.39 is 0 Å². The van der Waals surface area contributed by atoms with E-state index in [9.17, 15) is 4.79 Å². The number of hydrogen-bond acceptors (Lipinski definition) is 3. The SMILES string of the molecule is Cn1ccnc1SCCNC(=O)[C@H]1CCCc2c1[nH]c1ccccc21. The van der Waals surface area contributed by atoms with Crippen LogP contribution in [0.4, 0.5) is 0 Å². The summed E-state index contributed by atoms with van der Waals surface area (Å²) in [6.07, 6.45) is 6.76. The molecule has 0 spiro atoms. The average molecular weight is 354 g/mol. The number of amides is 1. The van der Waals surface area contributed by atoms with E-state index in [1.165, 1.54) is 10.9 Å². The van der Waals surface area contributed by atoms with Gasteiger partial charge in [0, 0.05) is 48.3 Å². The Balaban J connectivity index is 1.41. The number of nitrogens with one attached hydrogen (secondary N) is 2. The fourth-order valence-electron chi connectivity index (χ4n) is 3.61. The first-order valence-electron chi connectivity index (χ1n) is 8.71. The van der Waals surface area contributed by atoms with Gasteiger partial charge in [0.05, 0.1) is 5.92 Å². The average Bonchev–Trinajstić information content (AvgIpc) is 3.21. The molecule has 25 heavy (non-hydrogen) atoms. The minimum atomic E-state index is -0.0608. The summed E-state index contributed by atoms with van der Waals surface area (Å²) in [4.78, 5) is 20.5. The van der Waals surface area contributed by atoms with Crippen LogP contribution >= 0.6 is 11.8 Å². The molecule has 0 saturated carbocycles. The summed E-state index contributed by atoms with van der Waals surface area (Å²) in [5, 5.41) is 5.34. The number of aryl methyl sites for hydroxylation is 2. The lowest BCUT2D eigenvalue weighted by atomic mass is 9.86. The van der Waals surface area contributed by atoms with Crippen molar-refractivity contribution < 1.29 is 4.79 Å². The second-order valence-electron chi connectivity index (χ2n) is 6.47. The van der Waals surface area contributed by atoms with Gasteiger partial charge in [-0.25, -0.2) is 4.98 Å². The minimum Gasteiger partial charge on any atom is -0.357 e. The highest BCUT2D eigenvalue weighted by atomic mass is 32.2. The van der Waals surface area contributed by atoms with Crippen LogP contribution in [0.3, 0.4) is 0 Å². The summed E-state index contributed by atoms with van der Waals surface area (Å²) in [6, 6.07) is 8.34. The molecule has 4 rings (SSSR count). The number of aromatic amines is 1. The molecule has 130 valence electrons. The zero-order valence-electron chi connectivity index (χ0n) is 14.3. The zero-order valence-corrected chi connectivity index (χ0v) is 15.1. The third-order valence-electron chi connectivity index (χ3n) is 4.84. The molecule has 1 aliphatic rings. The van der Waals surface area contributed by atoms with Crippen molar-refractivity contribution in [1.82, 2.24) is 19.9 Å². The van der Waals surface area contributed by atoms with Crippen molar-refractivity contribution in [3.8, 4) is 0 Å². The van der Waals surface area contributed by atoms with Gasteiger partial charge in [0.15, 0.2) is 5.16 Å². The second-order valence-corrected chi connectivity index (χ2v) is 7.53. The number of H-pyrrole nitrogens is 1. The van der Waals surface area contributed by atoms with E-state index in [-0.39, 0.29) is 11.8 Å². The fraction of sp³-hybridized carbons (Fsp3) is 0.368. The number of benzene rings is 1. The number of imidazole rings is 1. The number of para-hydroxylation sites is 1. The standard InChI is InChI=1S/C19H22N4OS/c1-23-11-9-21-19(23)25-12-10-20-18(24)15-7-4-6-14-13-5-2-3-8-16(13)22-17(14)15/h2-3,5,8-9,11,15,22H,4,6-7,10,12H2,1H3,(H,20,24)/t15-/m0/s1. The number of carbonyl (C=O) groups is 1. The molecule has 0 unspecified atom stereocenters. The Labute approximate surface area is 151 Å². The minimum absolute atomic E-state index is 0.0608. The van der Waals surface area contributed by atoms with E-state index in [2.05, 4.69) is 33.5 Å². The van der Waals surface area contributed by atoms with Crippen molar-refractivity contribution in [2.75, 3.05) is 12.3 Å². The monoisotopic (exact) mass is 354 g/mol. The molecule has 5 nitrogen and oxygen atoms in total. The van der Waals surface area contributed by atoms with Crippen molar-refractivity contribution in [2.24, 2.45) is 7.05 Å². The van der Waals surface area contributed by atoms with E-state index in [0.717, 1.165) is 41.4 Å². The molecule has 1 amide bonds. The van der Waals surface area contributed by atoms with E-state index in [0.29, 0.717) is 6.54 Å². The molecule has 1 atom stereocenters. The van der Waals surface area contributed by atoms with Gasteiger partial charge < -0.3 is 14.9 Å². The van der Waals surface area contributed by atoms with Gasteiger partial charge >= 0.3 is 0 Å². The predicted molar refractivity (Wildman–Crippen MR) is 101 cm³/mol. The lowest BCUT2D eigenvalue weighted by molar-refractivity contribution is -0.122. The molecule has 0 aliphatic heterocycles. The number of rotatable bonds is 5. The molecule has 0 saturated heterocycles. The number of hydrogen-bond donors (Lipinski definition) is 2. The molecular formula is C19H22N4OS. The Morgan fingerprint density at radius 2 is 2.32 bits per heavy atom. The van der Waals surface area contributed by atoms with Crippen molar-refractivity contribution in [3.05, 3.63) is 47.9 Å². The summed E-state index contributed by atoms with van der Waals surface area (Å²) in [7, 11) is 1.98. The number of thioether (sulfide) groups is 1. The molecule has 3 aromatic rings. The van der Waals surface area contributed by atoms with Crippen LogP contribution in [0.1, 0.15) is 30.0 Å². The van der Waals surface area contributed by atoms with Crippen LogP contribution in [0.25, 0.3) is 10.9 Å². The third-order valence-corrected chi connectivity index (χ3v) is 5.90. The van der Waals surface area contributed by atoms with Crippen LogP contribution < -0.4 is 5.32 Å². The lowest BCUT2D eigenvalue weighted by Gasteiger charge is -2.22. The van der Waals surface area contributed by atoms with Crippen LogP contribution in [-0.2, 0) is 18.3 Å². The number of fused-ring (bicyclic) bond motifs is 3. The first kappa shape index (κ1) is 16.3. The maximum atomic E-state index is 12.7. The number of nitrogens with zero attached hydrogens (tertiary/aromatic N) is 2. The van der Waals surface area contributed by atoms with Gasteiger partial charge in [-0.3, -0.25) is 4.79 Å². The summed E-state index contributed by atoms with van der Waals surface area (Å²) < 4.78 is 1.99. The molecule has 0 radical (unpaired) electrons. The first-order valence-corrected chi connectivity index (χ1v) is 9.70. The highest BCUT2D eigenvalue weighted by molar-refractivity contribution is 7.99. The van der Waals surface area contributed by atoms with Crippen LogP contribution in [-0.4, -0.2) is 32.7 Å². The highest BCUT2D eigenvalue weighted by Crippen LogP contribution is 2.36. The van der Waals surface area contributed by atoms with E-state index in [1.807, 2.05) is 23.9 Å². The zero-order chi connectivity index (χ0) is 17.2. The van der Waals surface area contributed by atoms with E-state index in [4.69, 9.17) is 0 Å². The Hall–Kier alpha value is -2.21. The van der Waals surface area contributed by atoms with Crippen LogP contribution in [0.15, 0.2) is 41.8 Å². The topological polar surface area (TPSA) is 62.7 Å².